The van der Waals surface area contributed by atoms with Crippen molar-refractivity contribution in [3.63, 3.8) is 0 Å². The Morgan fingerprint density at radius 3 is 2.45 bits per heavy atom. The summed E-state index contributed by atoms with van der Waals surface area (Å²) in [5, 5.41) is 2.58. The quantitative estimate of drug-likeness (QED) is 0.671. The molecule has 3 N–H and O–H groups in total. The third-order valence-corrected chi connectivity index (χ3v) is 5.79. The van der Waals surface area contributed by atoms with Crippen LogP contribution in [0.3, 0.4) is 0 Å². The van der Waals surface area contributed by atoms with Gasteiger partial charge in [-0.3, -0.25) is 14.4 Å². The Labute approximate surface area is 181 Å². The molecule has 2 rings (SSSR count). The third kappa shape index (κ3) is 5.79. The number of likely N-dealkylation sites (tertiary alicyclic amines) is 1. The molecule has 1 aliphatic heterocycles. The number of hydrogen-bond acceptors (Lipinski definition) is 4. The van der Waals surface area contributed by atoms with E-state index in [0.717, 1.165) is 10.9 Å². The molecule has 1 saturated heterocycles. The van der Waals surface area contributed by atoms with E-state index in [2.05, 4.69) is 21.2 Å². The molecule has 0 aliphatic carbocycles. The molecule has 1 fully saturated rings. The molecular formula is C21H31BrN4O3. The zero-order valence-corrected chi connectivity index (χ0v) is 19.2. The Balaban J connectivity index is 2.27. The summed E-state index contributed by atoms with van der Waals surface area (Å²) in [5.74, 6) is -0.521. The van der Waals surface area contributed by atoms with Crippen LogP contribution in [0.1, 0.15) is 40.0 Å². The zero-order chi connectivity index (χ0) is 21.8. The number of amides is 3. The van der Waals surface area contributed by atoms with Crippen LogP contribution in [-0.2, 0) is 14.4 Å². The van der Waals surface area contributed by atoms with Crippen molar-refractivity contribution < 1.29 is 14.4 Å². The van der Waals surface area contributed by atoms with Gasteiger partial charge in [0.2, 0.25) is 17.7 Å². The van der Waals surface area contributed by atoms with Crippen molar-refractivity contribution in [2.45, 2.75) is 52.1 Å². The fourth-order valence-corrected chi connectivity index (χ4v) is 3.61. The molecule has 0 bridgehead atoms. The van der Waals surface area contributed by atoms with Crippen LogP contribution < -0.4 is 16.0 Å². The highest BCUT2D eigenvalue weighted by Gasteiger charge is 2.41. The van der Waals surface area contributed by atoms with Crippen LogP contribution in [0.25, 0.3) is 0 Å². The Kier molecular flexibility index (Phi) is 7.82. The lowest BCUT2D eigenvalue weighted by atomic mass is 9.86. The van der Waals surface area contributed by atoms with Crippen molar-refractivity contribution in [1.82, 2.24) is 10.2 Å². The molecule has 8 heteroatoms. The summed E-state index contributed by atoms with van der Waals surface area (Å²) in [5.41, 5.74) is 6.49. The molecule has 3 amide bonds. The maximum absolute atomic E-state index is 13.5. The minimum atomic E-state index is -0.678. The average Bonchev–Trinajstić information content (AvgIpc) is 3.16. The van der Waals surface area contributed by atoms with E-state index in [4.69, 9.17) is 5.73 Å². The highest BCUT2D eigenvalue weighted by atomic mass is 79.9. The summed E-state index contributed by atoms with van der Waals surface area (Å²) in [7, 11) is 1.57. The second-order valence-corrected chi connectivity index (χ2v) is 9.34. The van der Waals surface area contributed by atoms with Crippen molar-refractivity contribution >= 4 is 39.3 Å². The van der Waals surface area contributed by atoms with Gasteiger partial charge in [0.1, 0.15) is 6.04 Å². The zero-order valence-electron chi connectivity index (χ0n) is 17.6. The van der Waals surface area contributed by atoms with Gasteiger partial charge in [-0.15, -0.1) is 0 Å². The molecule has 1 heterocycles. The number of benzene rings is 1. The average molecular weight is 467 g/mol. The maximum atomic E-state index is 13.5. The smallest absolute Gasteiger partial charge is 0.249 e. The van der Waals surface area contributed by atoms with Crippen LogP contribution in [0.15, 0.2) is 28.7 Å². The predicted molar refractivity (Wildman–Crippen MR) is 117 cm³/mol. The van der Waals surface area contributed by atoms with Gasteiger partial charge in [-0.25, -0.2) is 0 Å². The Morgan fingerprint density at radius 2 is 1.90 bits per heavy atom. The van der Waals surface area contributed by atoms with Crippen molar-refractivity contribution in [3.05, 3.63) is 28.7 Å². The van der Waals surface area contributed by atoms with E-state index in [1.165, 1.54) is 0 Å². The Bertz CT molecular complexity index is 745. The third-order valence-electron chi connectivity index (χ3n) is 5.27. The van der Waals surface area contributed by atoms with Gasteiger partial charge < -0.3 is 20.9 Å². The first-order valence-corrected chi connectivity index (χ1v) is 10.7. The van der Waals surface area contributed by atoms with Crippen LogP contribution in [0, 0.1) is 5.41 Å². The van der Waals surface area contributed by atoms with Gasteiger partial charge in [0, 0.05) is 36.7 Å². The number of nitrogens with two attached hydrogens (primary N) is 1. The van der Waals surface area contributed by atoms with Crippen LogP contribution in [-0.4, -0.2) is 54.8 Å². The minimum absolute atomic E-state index is 0.144. The number of nitrogens with zero attached hydrogens (tertiary/aromatic N) is 2. The second-order valence-electron chi connectivity index (χ2n) is 8.42. The van der Waals surface area contributed by atoms with Gasteiger partial charge in [0.15, 0.2) is 0 Å². The van der Waals surface area contributed by atoms with Crippen LogP contribution in [0.4, 0.5) is 5.69 Å². The topological polar surface area (TPSA) is 95.7 Å². The summed E-state index contributed by atoms with van der Waals surface area (Å²) >= 11 is 3.40. The summed E-state index contributed by atoms with van der Waals surface area (Å²) < 4.78 is 0.897. The number of carbonyl (C=O) groups excluding carboxylic acids is 3. The SMILES string of the molecule is CNC(=O)CCN(C(=O)[C@@H]1CCCN1C(=O)[C@@H](N)C(C)(C)C)c1ccc(Br)cc1. The molecule has 160 valence electrons. The molecule has 2 atom stereocenters. The van der Waals surface area contributed by atoms with Crippen molar-refractivity contribution in [2.24, 2.45) is 11.1 Å². The standard InChI is InChI=1S/C21H31BrN4O3/c1-21(2,3)18(23)20(29)26-12-5-6-16(26)19(28)25(13-11-17(27)24-4)15-9-7-14(22)8-10-15/h7-10,16,18H,5-6,11-13,23H2,1-4H3,(H,24,27)/t16-,18+/m0/s1. The Hall–Kier alpha value is -1.93. The monoisotopic (exact) mass is 466 g/mol. The fraction of sp³-hybridized carbons (Fsp3) is 0.571. The molecule has 0 spiro atoms. The largest absolute Gasteiger partial charge is 0.359 e. The van der Waals surface area contributed by atoms with Gasteiger partial charge in [0.25, 0.3) is 0 Å². The van der Waals surface area contributed by atoms with Crippen LogP contribution >= 0.6 is 15.9 Å². The molecule has 0 saturated carbocycles. The molecule has 1 aromatic carbocycles. The molecule has 0 aromatic heterocycles. The van der Waals surface area contributed by atoms with E-state index < -0.39 is 17.5 Å². The van der Waals surface area contributed by atoms with Crippen molar-refractivity contribution in [3.8, 4) is 0 Å². The number of halogens is 1. The molecule has 0 unspecified atom stereocenters. The van der Waals surface area contributed by atoms with Gasteiger partial charge in [-0.1, -0.05) is 36.7 Å². The van der Waals surface area contributed by atoms with E-state index in [9.17, 15) is 14.4 Å². The normalized spacial score (nSPS) is 17.7. The number of anilines is 1. The number of carbonyl (C=O) groups is 3. The highest BCUT2D eigenvalue weighted by Crippen LogP contribution is 2.27. The molecule has 1 aliphatic rings. The van der Waals surface area contributed by atoms with E-state index >= 15 is 0 Å². The van der Waals surface area contributed by atoms with Gasteiger partial charge in [-0.2, -0.15) is 0 Å². The molecule has 29 heavy (non-hydrogen) atoms. The van der Waals surface area contributed by atoms with E-state index in [1.54, 1.807) is 16.8 Å². The minimum Gasteiger partial charge on any atom is -0.359 e. The number of hydrogen-bond donors (Lipinski definition) is 2. The second kappa shape index (κ2) is 9.71. The van der Waals surface area contributed by atoms with E-state index in [-0.39, 0.29) is 30.7 Å². The van der Waals surface area contributed by atoms with Crippen LogP contribution in [0.2, 0.25) is 0 Å². The number of rotatable bonds is 6. The van der Waals surface area contributed by atoms with Crippen molar-refractivity contribution in [1.29, 1.82) is 0 Å². The van der Waals surface area contributed by atoms with E-state index in [0.29, 0.717) is 18.7 Å². The van der Waals surface area contributed by atoms with E-state index in [1.807, 2.05) is 45.0 Å². The lowest BCUT2D eigenvalue weighted by Crippen LogP contribution is -2.55. The molecule has 7 nitrogen and oxygen atoms in total. The first-order chi connectivity index (χ1) is 13.6. The molecule has 1 aromatic rings. The van der Waals surface area contributed by atoms with Crippen molar-refractivity contribution in [2.75, 3.05) is 25.0 Å². The van der Waals surface area contributed by atoms with Gasteiger partial charge >= 0.3 is 0 Å². The summed E-state index contributed by atoms with van der Waals surface area (Å²) in [6.07, 6.45) is 1.53. The first-order valence-electron chi connectivity index (χ1n) is 9.90. The number of nitrogens with one attached hydrogen (secondary N) is 1. The summed E-state index contributed by atoms with van der Waals surface area (Å²) in [6, 6.07) is 6.11. The Morgan fingerprint density at radius 1 is 1.28 bits per heavy atom. The molecule has 0 radical (unpaired) electrons. The van der Waals surface area contributed by atoms with Crippen LogP contribution in [0.5, 0.6) is 0 Å². The predicted octanol–water partition coefficient (Wildman–Crippen LogP) is 2.28. The maximum Gasteiger partial charge on any atom is 0.249 e. The van der Waals surface area contributed by atoms with Gasteiger partial charge in [0.05, 0.1) is 6.04 Å². The lowest BCUT2D eigenvalue weighted by molar-refractivity contribution is -0.140. The lowest BCUT2D eigenvalue weighted by Gasteiger charge is -2.34. The first kappa shape index (κ1) is 23.3. The summed E-state index contributed by atoms with van der Waals surface area (Å²) in [6.45, 7) is 6.51. The fourth-order valence-electron chi connectivity index (χ4n) is 3.34. The highest BCUT2D eigenvalue weighted by molar-refractivity contribution is 9.10. The molecular weight excluding hydrogens is 436 g/mol. The van der Waals surface area contributed by atoms with Gasteiger partial charge in [-0.05, 0) is 42.5 Å². The summed E-state index contributed by atoms with van der Waals surface area (Å²) in [4.78, 5) is 41.4.